The number of hydrogen-bond donors (Lipinski definition) is 1. The quantitative estimate of drug-likeness (QED) is 0.829. The van der Waals surface area contributed by atoms with E-state index in [1.54, 1.807) is 0 Å². The average Bonchev–Trinajstić information content (AvgIpc) is 2.63. The van der Waals surface area contributed by atoms with Crippen molar-refractivity contribution in [2.45, 2.75) is 32.9 Å². The van der Waals surface area contributed by atoms with Crippen molar-refractivity contribution < 1.29 is 4.74 Å². The first-order chi connectivity index (χ1) is 8.75. The molecule has 1 saturated heterocycles. The van der Waals surface area contributed by atoms with E-state index < -0.39 is 0 Å². The van der Waals surface area contributed by atoms with Crippen LogP contribution in [-0.4, -0.2) is 43.8 Å². The third-order valence-electron chi connectivity index (χ3n) is 3.39. The molecule has 4 heteroatoms. The van der Waals surface area contributed by atoms with Crippen molar-refractivity contribution >= 4 is 11.3 Å². The summed E-state index contributed by atoms with van der Waals surface area (Å²) < 4.78 is 5.65. The summed E-state index contributed by atoms with van der Waals surface area (Å²) in [6.45, 7) is 10.7. The summed E-state index contributed by atoms with van der Waals surface area (Å²) in [6.07, 6.45) is 1.54. The van der Waals surface area contributed by atoms with Gasteiger partial charge in [0.2, 0.25) is 0 Å². The average molecular weight is 268 g/mol. The smallest absolute Gasteiger partial charge is 0.0673 e. The first kappa shape index (κ1) is 14.0. The van der Waals surface area contributed by atoms with E-state index in [4.69, 9.17) is 4.74 Å². The van der Waals surface area contributed by atoms with Gasteiger partial charge in [0.25, 0.3) is 0 Å². The highest BCUT2D eigenvalue weighted by Crippen LogP contribution is 2.14. The van der Waals surface area contributed by atoms with Gasteiger partial charge in [0, 0.05) is 44.2 Å². The van der Waals surface area contributed by atoms with Gasteiger partial charge >= 0.3 is 0 Å². The highest BCUT2D eigenvalue weighted by Gasteiger charge is 2.14. The van der Waals surface area contributed by atoms with Gasteiger partial charge in [-0.15, -0.1) is 11.3 Å². The fourth-order valence-corrected chi connectivity index (χ4v) is 3.18. The molecule has 3 nitrogen and oxygen atoms in total. The highest BCUT2D eigenvalue weighted by atomic mass is 32.1. The summed E-state index contributed by atoms with van der Waals surface area (Å²) in [5.41, 5.74) is 1.41. The second kappa shape index (κ2) is 7.24. The van der Waals surface area contributed by atoms with E-state index in [1.165, 1.54) is 17.0 Å². The maximum absolute atomic E-state index is 5.65. The van der Waals surface area contributed by atoms with Crippen LogP contribution in [0.15, 0.2) is 11.4 Å². The van der Waals surface area contributed by atoms with Gasteiger partial charge in [-0.05, 0) is 37.3 Å². The largest absolute Gasteiger partial charge is 0.377 e. The molecule has 1 fully saturated rings. The van der Waals surface area contributed by atoms with Gasteiger partial charge in [-0.25, -0.2) is 0 Å². The molecule has 1 N–H and O–H groups in total. The molecule has 18 heavy (non-hydrogen) atoms. The Morgan fingerprint density at radius 3 is 3.22 bits per heavy atom. The van der Waals surface area contributed by atoms with Crippen molar-refractivity contribution in [2.75, 3.05) is 32.8 Å². The monoisotopic (exact) mass is 268 g/mol. The summed E-state index contributed by atoms with van der Waals surface area (Å²) in [5, 5.41) is 5.71. The summed E-state index contributed by atoms with van der Waals surface area (Å²) in [6, 6.07) is 2.19. The lowest BCUT2D eigenvalue weighted by molar-refractivity contribution is 0.0679. The van der Waals surface area contributed by atoms with Crippen LogP contribution in [0.3, 0.4) is 0 Å². The van der Waals surface area contributed by atoms with Crippen LogP contribution in [0.25, 0.3) is 0 Å². The molecular weight excluding hydrogens is 244 g/mol. The third kappa shape index (κ3) is 4.35. The molecular formula is C14H24N2OS. The van der Waals surface area contributed by atoms with Crippen molar-refractivity contribution in [3.8, 4) is 0 Å². The number of nitrogens with one attached hydrogen (secondary N) is 1. The molecule has 1 atom stereocenters. The molecule has 2 heterocycles. The van der Waals surface area contributed by atoms with Crippen LogP contribution in [-0.2, 0) is 11.3 Å². The molecule has 0 aliphatic carbocycles. The maximum atomic E-state index is 5.65. The zero-order valence-electron chi connectivity index (χ0n) is 11.4. The van der Waals surface area contributed by atoms with Gasteiger partial charge in [-0.3, -0.25) is 4.90 Å². The minimum absolute atomic E-state index is 0.382. The first-order valence-electron chi connectivity index (χ1n) is 6.83. The highest BCUT2D eigenvalue weighted by molar-refractivity contribution is 7.10. The Labute approximate surface area is 114 Å². The molecule has 1 unspecified atom stereocenters. The SMILES string of the molecule is Cc1ccsc1CNCCN1CCCOC(C)C1. The van der Waals surface area contributed by atoms with E-state index in [0.29, 0.717) is 6.10 Å². The molecule has 0 radical (unpaired) electrons. The molecule has 1 aliphatic heterocycles. The number of hydrogen-bond acceptors (Lipinski definition) is 4. The minimum atomic E-state index is 0.382. The Kier molecular flexibility index (Phi) is 5.63. The van der Waals surface area contributed by atoms with E-state index in [-0.39, 0.29) is 0 Å². The number of thiophene rings is 1. The fourth-order valence-electron chi connectivity index (χ4n) is 2.31. The lowest BCUT2D eigenvalue weighted by atomic mass is 10.3. The Morgan fingerprint density at radius 1 is 1.56 bits per heavy atom. The van der Waals surface area contributed by atoms with Crippen molar-refractivity contribution in [3.63, 3.8) is 0 Å². The molecule has 0 amide bonds. The molecule has 1 aromatic heterocycles. The Bertz CT molecular complexity index is 353. The van der Waals surface area contributed by atoms with Crippen molar-refractivity contribution in [3.05, 3.63) is 21.9 Å². The summed E-state index contributed by atoms with van der Waals surface area (Å²) >= 11 is 1.84. The van der Waals surface area contributed by atoms with E-state index in [0.717, 1.165) is 39.2 Å². The second-order valence-electron chi connectivity index (χ2n) is 5.04. The van der Waals surface area contributed by atoms with Crippen LogP contribution < -0.4 is 5.32 Å². The van der Waals surface area contributed by atoms with Crippen LogP contribution in [0.5, 0.6) is 0 Å². The fraction of sp³-hybridized carbons (Fsp3) is 0.714. The number of ether oxygens (including phenoxy) is 1. The van der Waals surface area contributed by atoms with Gasteiger partial charge in [0.15, 0.2) is 0 Å². The van der Waals surface area contributed by atoms with Gasteiger partial charge in [-0.2, -0.15) is 0 Å². The van der Waals surface area contributed by atoms with E-state index in [1.807, 2.05) is 11.3 Å². The summed E-state index contributed by atoms with van der Waals surface area (Å²) in [7, 11) is 0. The molecule has 0 saturated carbocycles. The van der Waals surface area contributed by atoms with Crippen molar-refractivity contribution in [1.82, 2.24) is 10.2 Å². The van der Waals surface area contributed by atoms with Crippen LogP contribution in [0.2, 0.25) is 0 Å². The molecule has 2 rings (SSSR count). The molecule has 0 aromatic carbocycles. The van der Waals surface area contributed by atoms with Crippen LogP contribution in [0.4, 0.5) is 0 Å². The maximum Gasteiger partial charge on any atom is 0.0673 e. The molecule has 102 valence electrons. The van der Waals surface area contributed by atoms with E-state index >= 15 is 0 Å². The molecule has 0 bridgehead atoms. The van der Waals surface area contributed by atoms with Gasteiger partial charge in [-0.1, -0.05) is 0 Å². The summed E-state index contributed by atoms with van der Waals surface area (Å²) in [4.78, 5) is 3.97. The number of rotatable bonds is 5. The molecule has 0 spiro atoms. The predicted molar refractivity (Wildman–Crippen MR) is 77.2 cm³/mol. The van der Waals surface area contributed by atoms with E-state index in [2.05, 4.69) is 35.5 Å². The molecule has 1 aliphatic rings. The van der Waals surface area contributed by atoms with Crippen molar-refractivity contribution in [2.24, 2.45) is 0 Å². The van der Waals surface area contributed by atoms with Crippen molar-refractivity contribution in [1.29, 1.82) is 0 Å². The Morgan fingerprint density at radius 2 is 2.44 bits per heavy atom. The van der Waals surface area contributed by atoms with Gasteiger partial charge < -0.3 is 10.1 Å². The zero-order valence-corrected chi connectivity index (χ0v) is 12.3. The Hall–Kier alpha value is -0.420. The topological polar surface area (TPSA) is 24.5 Å². The normalized spacial score (nSPS) is 22.0. The predicted octanol–water partition coefficient (Wildman–Crippen LogP) is 2.26. The zero-order chi connectivity index (χ0) is 12.8. The lowest BCUT2D eigenvalue weighted by Gasteiger charge is -2.21. The minimum Gasteiger partial charge on any atom is -0.377 e. The third-order valence-corrected chi connectivity index (χ3v) is 4.42. The van der Waals surface area contributed by atoms with Gasteiger partial charge in [0.05, 0.1) is 6.10 Å². The first-order valence-corrected chi connectivity index (χ1v) is 7.71. The Balaban J connectivity index is 1.64. The standard InChI is InChI=1S/C14H24N2OS/c1-12-4-9-18-14(12)10-15-5-7-16-6-3-8-17-13(2)11-16/h4,9,13,15H,3,5-8,10-11H2,1-2H3. The van der Waals surface area contributed by atoms with Gasteiger partial charge in [0.1, 0.15) is 0 Å². The van der Waals surface area contributed by atoms with Crippen LogP contribution >= 0.6 is 11.3 Å². The van der Waals surface area contributed by atoms with Crippen LogP contribution in [0, 0.1) is 6.92 Å². The number of aryl methyl sites for hydroxylation is 1. The van der Waals surface area contributed by atoms with E-state index in [9.17, 15) is 0 Å². The molecule has 1 aromatic rings. The van der Waals surface area contributed by atoms with Crippen LogP contribution in [0.1, 0.15) is 23.8 Å². The number of nitrogens with zero attached hydrogens (tertiary/aromatic N) is 1. The second-order valence-corrected chi connectivity index (χ2v) is 6.04. The lowest BCUT2D eigenvalue weighted by Crippen LogP contribution is -2.35. The summed E-state index contributed by atoms with van der Waals surface area (Å²) in [5.74, 6) is 0.